The Bertz CT molecular complexity index is 956. The summed E-state index contributed by atoms with van der Waals surface area (Å²) in [7, 11) is 0. The van der Waals surface area contributed by atoms with Gasteiger partial charge in [-0.3, -0.25) is 9.78 Å². The van der Waals surface area contributed by atoms with E-state index in [1.54, 1.807) is 24.5 Å². The maximum atomic E-state index is 12.8. The second-order valence-corrected chi connectivity index (χ2v) is 8.49. The molecule has 0 atom stereocenters. The average Bonchev–Trinajstić information content (AvgIpc) is 3.28. The number of nitrogens with one attached hydrogen (secondary N) is 1. The number of pyridine rings is 1. The van der Waals surface area contributed by atoms with Gasteiger partial charge < -0.3 is 10.1 Å². The second kappa shape index (κ2) is 9.61. The van der Waals surface area contributed by atoms with Crippen molar-refractivity contribution in [1.82, 2.24) is 4.98 Å². The van der Waals surface area contributed by atoms with E-state index in [-0.39, 0.29) is 5.91 Å². The van der Waals surface area contributed by atoms with Gasteiger partial charge in [0.25, 0.3) is 5.91 Å². The number of hydrogen-bond donors (Lipinski definition) is 1. The Morgan fingerprint density at radius 1 is 1.07 bits per heavy atom. The summed E-state index contributed by atoms with van der Waals surface area (Å²) in [5.74, 6) is 0.534. The summed E-state index contributed by atoms with van der Waals surface area (Å²) in [6.07, 6.45) is 8.62. The molecule has 1 aliphatic rings. The number of anilines is 1. The Labute approximate surface area is 175 Å². The molecule has 1 heterocycles. The molecule has 0 radical (unpaired) electrons. The molecule has 0 saturated heterocycles. The third kappa shape index (κ3) is 5.39. The first-order valence-electron chi connectivity index (χ1n) is 9.97. The number of hydrogen-bond acceptors (Lipinski definition) is 4. The van der Waals surface area contributed by atoms with Crippen LogP contribution in [0.5, 0.6) is 5.75 Å². The van der Waals surface area contributed by atoms with E-state index < -0.39 is 0 Å². The van der Waals surface area contributed by atoms with Gasteiger partial charge in [0.15, 0.2) is 0 Å². The van der Waals surface area contributed by atoms with Crippen molar-refractivity contribution in [1.29, 1.82) is 0 Å². The molecule has 0 unspecified atom stereocenters. The number of nitrogens with zero attached hydrogens (tertiary/aromatic N) is 1. The molecule has 29 heavy (non-hydrogen) atoms. The van der Waals surface area contributed by atoms with Crippen LogP contribution >= 0.6 is 11.8 Å². The van der Waals surface area contributed by atoms with Crippen LogP contribution in [0.2, 0.25) is 0 Å². The summed E-state index contributed by atoms with van der Waals surface area (Å²) >= 11 is 1.88. The fourth-order valence-corrected chi connectivity index (χ4v) is 4.76. The summed E-state index contributed by atoms with van der Waals surface area (Å²) in [6, 6.07) is 19.2. The fraction of sp³-hybridized carbons (Fsp3) is 0.250. The number of benzene rings is 2. The molecule has 3 aromatic rings. The molecule has 148 valence electrons. The van der Waals surface area contributed by atoms with Gasteiger partial charge in [0, 0.05) is 33.7 Å². The van der Waals surface area contributed by atoms with Crippen LogP contribution in [-0.2, 0) is 6.61 Å². The lowest BCUT2D eigenvalue weighted by molar-refractivity contribution is 0.102. The van der Waals surface area contributed by atoms with Crippen molar-refractivity contribution in [2.24, 2.45) is 0 Å². The number of carbonyl (C=O) groups excluding carboxylic acids is 1. The van der Waals surface area contributed by atoms with Gasteiger partial charge in [-0.15, -0.1) is 11.8 Å². The first kappa shape index (κ1) is 19.5. The van der Waals surface area contributed by atoms with Crippen LogP contribution in [-0.4, -0.2) is 16.1 Å². The van der Waals surface area contributed by atoms with Crippen LogP contribution in [0, 0.1) is 0 Å². The van der Waals surface area contributed by atoms with E-state index in [1.165, 1.54) is 25.7 Å². The number of ether oxygens (including phenoxy) is 1. The minimum absolute atomic E-state index is 0.128. The Balaban J connectivity index is 1.42. The highest BCUT2D eigenvalue weighted by Gasteiger charge is 2.18. The first-order valence-corrected chi connectivity index (χ1v) is 10.8. The van der Waals surface area contributed by atoms with E-state index in [1.807, 2.05) is 54.2 Å². The summed E-state index contributed by atoms with van der Waals surface area (Å²) < 4.78 is 5.82. The normalized spacial score (nSPS) is 13.9. The molecule has 4 nitrogen and oxygen atoms in total. The van der Waals surface area contributed by atoms with E-state index in [9.17, 15) is 4.79 Å². The van der Waals surface area contributed by atoms with Crippen LogP contribution in [0.15, 0.2) is 78.0 Å². The molecule has 0 aliphatic heterocycles. The molecule has 1 amide bonds. The van der Waals surface area contributed by atoms with Crippen LogP contribution < -0.4 is 10.1 Å². The lowest BCUT2D eigenvalue weighted by atomic mass is 10.2. The first-order chi connectivity index (χ1) is 14.3. The number of carbonyl (C=O) groups is 1. The molecule has 1 aromatic heterocycles. The molecule has 2 aromatic carbocycles. The lowest BCUT2D eigenvalue weighted by Gasteiger charge is -2.14. The number of para-hydroxylation sites is 1. The van der Waals surface area contributed by atoms with E-state index in [0.717, 1.165) is 16.1 Å². The van der Waals surface area contributed by atoms with Crippen LogP contribution in [0.1, 0.15) is 41.6 Å². The number of rotatable bonds is 7. The molecule has 0 spiro atoms. The van der Waals surface area contributed by atoms with Gasteiger partial charge in [-0.05, 0) is 49.2 Å². The van der Waals surface area contributed by atoms with Gasteiger partial charge in [-0.2, -0.15) is 0 Å². The van der Waals surface area contributed by atoms with Crippen LogP contribution in [0.4, 0.5) is 5.69 Å². The highest BCUT2D eigenvalue weighted by Crippen LogP contribution is 2.38. The van der Waals surface area contributed by atoms with Gasteiger partial charge >= 0.3 is 0 Å². The molecule has 1 aliphatic carbocycles. The Morgan fingerprint density at radius 2 is 1.93 bits per heavy atom. The number of aromatic nitrogens is 1. The third-order valence-electron chi connectivity index (χ3n) is 4.96. The maximum absolute atomic E-state index is 12.8. The van der Waals surface area contributed by atoms with E-state index in [2.05, 4.69) is 16.4 Å². The zero-order valence-electron chi connectivity index (χ0n) is 16.2. The highest BCUT2D eigenvalue weighted by molar-refractivity contribution is 8.00. The molecular formula is C24H24N2O2S. The van der Waals surface area contributed by atoms with Crippen molar-refractivity contribution in [3.8, 4) is 5.75 Å². The van der Waals surface area contributed by atoms with Crippen molar-refractivity contribution < 1.29 is 9.53 Å². The average molecular weight is 405 g/mol. The summed E-state index contributed by atoms with van der Waals surface area (Å²) in [6.45, 7) is 0.416. The lowest BCUT2D eigenvalue weighted by Crippen LogP contribution is -2.13. The molecular weight excluding hydrogens is 380 g/mol. The van der Waals surface area contributed by atoms with Crippen molar-refractivity contribution in [3.63, 3.8) is 0 Å². The third-order valence-corrected chi connectivity index (χ3v) is 6.37. The van der Waals surface area contributed by atoms with Crippen molar-refractivity contribution in [3.05, 3.63) is 84.2 Å². The van der Waals surface area contributed by atoms with Gasteiger partial charge in [-0.1, -0.05) is 37.1 Å². The minimum atomic E-state index is -0.128. The van der Waals surface area contributed by atoms with Gasteiger partial charge in [0.2, 0.25) is 0 Å². The number of thioether (sulfide) groups is 1. The summed E-state index contributed by atoms with van der Waals surface area (Å²) in [5.41, 5.74) is 2.44. The van der Waals surface area contributed by atoms with Gasteiger partial charge in [0.05, 0.1) is 5.69 Å². The standard InChI is InChI=1S/C24H24N2O2S/c27-24(26-22-12-3-4-13-23(22)29-21-10-1-2-11-21)19-8-5-9-20(15-19)28-17-18-7-6-14-25-16-18/h3-9,12-16,21H,1-2,10-11,17H2,(H,26,27). The molecule has 0 bridgehead atoms. The topological polar surface area (TPSA) is 51.2 Å². The Hall–Kier alpha value is -2.79. The Kier molecular flexibility index (Phi) is 6.47. The summed E-state index contributed by atoms with van der Waals surface area (Å²) in [4.78, 5) is 18.1. The fourth-order valence-electron chi connectivity index (χ4n) is 3.43. The van der Waals surface area contributed by atoms with Gasteiger partial charge in [0.1, 0.15) is 12.4 Å². The van der Waals surface area contributed by atoms with E-state index >= 15 is 0 Å². The maximum Gasteiger partial charge on any atom is 0.255 e. The molecule has 1 saturated carbocycles. The van der Waals surface area contributed by atoms with E-state index in [4.69, 9.17) is 4.74 Å². The number of amides is 1. The van der Waals surface area contributed by atoms with Crippen LogP contribution in [0.25, 0.3) is 0 Å². The van der Waals surface area contributed by atoms with E-state index in [0.29, 0.717) is 23.2 Å². The second-order valence-electron chi connectivity index (χ2n) is 7.15. The molecule has 1 N–H and O–H groups in total. The minimum Gasteiger partial charge on any atom is -0.489 e. The van der Waals surface area contributed by atoms with Crippen molar-refractivity contribution in [2.45, 2.75) is 42.4 Å². The quantitative estimate of drug-likeness (QED) is 0.529. The predicted octanol–water partition coefficient (Wildman–Crippen LogP) is 5.95. The van der Waals surface area contributed by atoms with Gasteiger partial charge in [-0.25, -0.2) is 0 Å². The predicted molar refractivity (Wildman–Crippen MR) is 118 cm³/mol. The zero-order valence-corrected chi connectivity index (χ0v) is 17.0. The molecule has 5 heteroatoms. The van der Waals surface area contributed by atoms with Crippen molar-refractivity contribution in [2.75, 3.05) is 5.32 Å². The Morgan fingerprint density at radius 3 is 2.76 bits per heavy atom. The SMILES string of the molecule is O=C(Nc1ccccc1SC1CCCC1)c1cccc(OCc2cccnc2)c1. The van der Waals surface area contributed by atoms with Crippen LogP contribution in [0.3, 0.4) is 0 Å². The largest absolute Gasteiger partial charge is 0.489 e. The highest BCUT2D eigenvalue weighted by atomic mass is 32.2. The molecule has 4 rings (SSSR count). The smallest absolute Gasteiger partial charge is 0.255 e. The monoisotopic (exact) mass is 404 g/mol. The zero-order chi connectivity index (χ0) is 19.9. The molecule has 1 fully saturated rings. The van der Waals surface area contributed by atoms with Crippen molar-refractivity contribution >= 4 is 23.4 Å². The summed E-state index contributed by atoms with van der Waals surface area (Å²) in [5, 5.41) is 3.73.